The number of amides is 1. The molecule has 1 aliphatic heterocycles. The fourth-order valence-corrected chi connectivity index (χ4v) is 2.34. The van der Waals surface area contributed by atoms with Gasteiger partial charge < -0.3 is 10.6 Å². The maximum atomic E-state index is 11.8. The molecule has 0 spiro atoms. The highest BCUT2D eigenvalue weighted by atomic mass is 16.6. The molecule has 1 saturated heterocycles. The Morgan fingerprint density at radius 2 is 2.25 bits per heavy atom. The molecule has 0 bridgehead atoms. The summed E-state index contributed by atoms with van der Waals surface area (Å²) in [6.07, 6.45) is 2.81. The Morgan fingerprint density at radius 3 is 3.00 bits per heavy atom. The fraction of sp³-hybridized carbons (Fsp3) is 0.500. The first-order chi connectivity index (χ1) is 9.58. The highest BCUT2D eigenvalue weighted by Gasteiger charge is 2.20. The van der Waals surface area contributed by atoms with E-state index in [1.807, 2.05) is 6.07 Å². The summed E-state index contributed by atoms with van der Waals surface area (Å²) in [7, 11) is 0. The van der Waals surface area contributed by atoms with Gasteiger partial charge in [-0.2, -0.15) is 0 Å². The van der Waals surface area contributed by atoms with Gasteiger partial charge in [-0.1, -0.05) is 12.1 Å². The van der Waals surface area contributed by atoms with Crippen LogP contribution in [0.1, 0.15) is 30.4 Å². The maximum absolute atomic E-state index is 11.8. The van der Waals surface area contributed by atoms with Crippen LogP contribution < -0.4 is 10.6 Å². The van der Waals surface area contributed by atoms with Crippen LogP contribution in [0.5, 0.6) is 0 Å². The van der Waals surface area contributed by atoms with Crippen molar-refractivity contribution in [2.75, 3.05) is 6.54 Å². The Bertz CT molecular complexity index is 516. The van der Waals surface area contributed by atoms with Gasteiger partial charge >= 0.3 is 0 Å². The summed E-state index contributed by atoms with van der Waals surface area (Å²) in [6.45, 7) is 2.90. The second kappa shape index (κ2) is 6.47. The lowest BCUT2D eigenvalue weighted by atomic mass is 10.1. The predicted molar refractivity (Wildman–Crippen MR) is 75.3 cm³/mol. The lowest BCUT2D eigenvalue weighted by molar-refractivity contribution is -0.385. The Kier molecular flexibility index (Phi) is 4.68. The van der Waals surface area contributed by atoms with Gasteiger partial charge in [-0.25, -0.2) is 0 Å². The number of carbonyl (C=O) groups is 1. The minimum absolute atomic E-state index is 0.0177. The van der Waals surface area contributed by atoms with Gasteiger partial charge in [0.05, 0.1) is 11.0 Å². The standard InChI is InChI=1S/C14H19N3O3/c1-10-5-6-11(8-13(10)17(19)20)9-16-12-4-2-3-7-15-14(12)18/h5-6,8,12,16H,2-4,7,9H2,1H3,(H,15,18). The third-order valence-corrected chi connectivity index (χ3v) is 3.56. The predicted octanol–water partition coefficient (Wildman–Crippen LogP) is 1.66. The van der Waals surface area contributed by atoms with Gasteiger partial charge in [-0.3, -0.25) is 14.9 Å². The van der Waals surface area contributed by atoms with Gasteiger partial charge in [-0.15, -0.1) is 0 Å². The molecule has 0 aromatic heterocycles. The van der Waals surface area contributed by atoms with Crippen LogP contribution in [0.2, 0.25) is 0 Å². The number of hydrogen-bond acceptors (Lipinski definition) is 4. The third-order valence-electron chi connectivity index (χ3n) is 3.56. The van der Waals surface area contributed by atoms with Crippen LogP contribution in [0.15, 0.2) is 18.2 Å². The third kappa shape index (κ3) is 3.54. The number of hydrogen-bond donors (Lipinski definition) is 2. The molecule has 1 aliphatic rings. The van der Waals surface area contributed by atoms with E-state index >= 15 is 0 Å². The summed E-state index contributed by atoms with van der Waals surface area (Å²) in [5.41, 5.74) is 1.58. The van der Waals surface area contributed by atoms with Gasteiger partial charge in [0.25, 0.3) is 5.69 Å². The molecule has 20 heavy (non-hydrogen) atoms. The molecule has 0 saturated carbocycles. The van der Waals surface area contributed by atoms with Gasteiger partial charge in [-0.05, 0) is 31.7 Å². The van der Waals surface area contributed by atoms with Gasteiger partial charge in [0.15, 0.2) is 0 Å². The summed E-state index contributed by atoms with van der Waals surface area (Å²) in [5.74, 6) is 0.0177. The first-order valence-corrected chi connectivity index (χ1v) is 6.83. The number of rotatable bonds is 4. The Balaban J connectivity index is 2.01. The van der Waals surface area contributed by atoms with Crippen LogP contribution >= 0.6 is 0 Å². The maximum Gasteiger partial charge on any atom is 0.272 e. The van der Waals surface area contributed by atoms with Crippen molar-refractivity contribution in [2.45, 2.75) is 38.8 Å². The number of nitrogens with zero attached hydrogens (tertiary/aromatic N) is 1. The summed E-state index contributed by atoms with van der Waals surface area (Å²) in [6, 6.07) is 4.95. The van der Waals surface area contributed by atoms with Crippen molar-refractivity contribution in [1.29, 1.82) is 0 Å². The Hall–Kier alpha value is -1.95. The minimum Gasteiger partial charge on any atom is -0.355 e. The summed E-state index contributed by atoms with van der Waals surface area (Å²) in [4.78, 5) is 22.3. The first kappa shape index (κ1) is 14.5. The van der Waals surface area contributed by atoms with E-state index in [0.29, 0.717) is 12.1 Å². The van der Waals surface area contributed by atoms with Crippen molar-refractivity contribution in [2.24, 2.45) is 0 Å². The van der Waals surface area contributed by atoms with E-state index < -0.39 is 0 Å². The van der Waals surface area contributed by atoms with E-state index in [0.717, 1.165) is 31.4 Å². The molecule has 0 radical (unpaired) electrons. The number of nitro benzene ring substituents is 1. The van der Waals surface area contributed by atoms with E-state index in [4.69, 9.17) is 0 Å². The molecule has 1 aromatic carbocycles. The fourth-order valence-electron chi connectivity index (χ4n) is 2.34. The molecule has 0 aliphatic carbocycles. The minimum atomic E-state index is -0.378. The first-order valence-electron chi connectivity index (χ1n) is 6.83. The highest BCUT2D eigenvalue weighted by Crippen LogP contribution is 2.19. The SMILES string of the molecule is Cc1ccc(CNC2CCCCNC2=O)cc1[N+](=O)[O-]. The van der Waals surface area contributed by atoms with E-state index in [9.17, 15) is 14.9 Å². The number of aryl methyl sites for hydroxylation is 1. The van der Waals surface area contributed by atoms with Crippen LogP contribution in [0.3, 0.4) is 0 Å². The number of carbonyl (C=O) groups excluding carboxylic acids is 1. The Labute approximate surface area is 117 Å². The zero-order chi connectivity index (χ0) is 14.5. The van der Waals surface area contributed by atoms with Crippen molar-refractivity contribution < 1.29 is 9.72 Å². The van der Waals surface area contributed by atoms with E-state index in [2.05, 4.69) is 10.6 Å². The molecule has 2 N–H and O–H groups in total. The van der Waals surface area contributed by atoms with Crippen LogP contribution in [0, 0.1) is 17.0 Å². The molecular weight excluding hydrogens is 258 g/mol. The van der Waals surface area contributed by atoms with E-state index in [1.54, 1.807) is 19.1 Å². The smallest absolute Gasteiger partial charge is 0.272 e. The van der Waals surface area contributed by atoms with Gasteiger partial charge in [0, 0.05) is 24.7 Å². The van der Waals surface area contributed by atoms with Crippen molar-refractivity contribution in [1.82, 2.24) is 10.6 Å². The zero-order valence-electron chi connectivity index (χ0n) is 11.5. The largest absolute Gasteiger partial charge is 0.355 e. The Morgan fingerprint density at radius 1 is 1.45 bits per heavy atom. The average Bonchev–Trinajstić information content (AvgIpc) is 2.62. The second-order valence-electron chi connectivity index (χ2n) is 5.10. The van der Waals surface area contributed by atoms with Crippen LogP contribution in [-0.2, 0) is 11.3 Å². The molecule has 1 atom stereocenters. The number of nitrogens with one attached hydrogen (secondary N) is 2. The normalized spacial score (nSPS) is 19.2. The molecule has 108 valence electrons. The topological polar surface area (TPSA) is 84.3 Å². The molecule has 6 nitrogen and oxygen atoms in total. The van der Waals surface area contributed by atoms with Crippen LogP contribution in [0.25, 0.3) is 0 Å². The van der Waals surface area contributed by atoms with Gasteiger partial charge in [0.1, 0.15) is 0 Å². The zero-order valence-corrected chi connectivity index (χ0v) is 11.5. The van der Waals surface area contributed by atoms with Crippen molar-refractivity contribution in [3.05, 3.63) is 39.4 Å². The van der Waals surface area contributed by atoms with E-state index in [-0.39, 0.29) is 22.6 Å². The highest BCUT2D eigenvalue weighted by molar-refractivity contribution is 5.81. The molecular formula is C14H19N3O3. The molecule has 1 fully saturated rings. The van der Waals surface area contributed by atoms with Gasteiger partial charge in [0.2, 0.25) is 5.91 Å². The monoisotopic (exact) mass is 277 g/mol. The second-order valence-corrected chi connectivity index (χ2v) is 5.10. The number of nitro groups is 1. The molecule has 2 rings (SSSR count). The lowest BCUT2D eigenvalue weighted by Gasteiger charge is -2.15. The summed E-state index contributed by atoms with van der Waals surface area (Å²) < 4.78 is 0. The summed E-state index contributed by atoms with van der Waals surface area (Å²) in [5, 5.41) is 16.9. The summed E-state index contributed by atoms with van der Waals surface area (Å²) >= 11 is 0. The molecule has 1 unspecified atom stereocenters. The lowest BCUT2D eigenvalue weighted by Crippen LogP contribution is -2.42. The average molecular weight is 277 g/mol. The molecule has 1 amide bonds. The molecule has 6 heteroatoms. The number of benzene rings is 1. The molecule has 1 aromatic rings. The van der Waals surface area contributed by atoms with Crippen LogP contribution in [-0.4, -0.2) is 23.4 Å². The van der Waals surface area contributed by atoms with Crippen molar-refractivity contribution in [3.8, 4) is 0 Å². The van der Waals surface area contributed by atoms with Crippen molar-refractivity contribution >= 4 is 11.6 Å². The van der Waals surface area contributed by atoms with E-state index in [1.165, 1.54) is 0 Å². The van der Waals surface area contributed by atoms with Crippen LogP contribution in [0.4, 0.5) is 5.69 Å². The molecule has 1 heterocycles. The quantitative estimate of drug-likeness (QED) is 0.647. The van der Waals surface area contributed by atoms with Crippen molar-refractivity contribution in [3.63, 3.8) is 0 Å².